The molecule has 0 saturated carbocycles. The number of carbonyl (C=O) groups is 1. The highest BCUT2D eigenvalue weighted by Gasteiger charge is 2.24. The van der Waals surface area contributed by atoms with E-state index in [9.17, 15) is 4.79 Å². The van der Waals surface area contributed by atoms with E-state index in [0.717, 1.165) is 25.3 Å². The first-order chi connectivity index (χ1) is 12.1. The summed E-state index contributed by atoms with van der Waals surface area (Å²) in [6.45, 7) is 6.00. The summed E-state index contributed by atoms with van der Waals surface area (Å²) in [5.74, 6) is 0.702. The maximum Gasteiger partial charge on any atom is 0.220 e. The number of aryl methyl sites for hydroxylation is 2. The number of nitrogens with two attached hydrogens (primary N) is 1. The van der Waals surface area contributed by atoms with Crippen LogP contribution in [0.25, 0.3) is 0 Å². The Labute approximate surface area is 153 Å². The van der Waals surface area contributed by atoms with E-state index in [-0.39, 0.29) is 5.91 Å². The Morgan fingerprint density at radius 2 is 2.28 bits per heavy atom. The SMILES string of the molecule is Cc1ccccc1[C@@H]1CCN(CCNC(=O)CCc2csc(N)n2)C1. The van der Waals surface area contributed by atoms with Gasteiger partial charge in [0.1, 0.15) is 0 Å². The molecule has 1 aliphatic heterocycles. The number of nitrogens with zero attached hydrogens (tertiary/aromatic N) is 2. The Balaban J connectivity index is 1.35. The van der Waals surface area contributed by atoms with Gasteiger partial charge in [-0.3, -0.25) is 4.79 Å². The second-order valence-electron chi connectivity index (χ2n) is 6.67. The molecule has 25 heavy (non-hydrogen) atoms. The molecule has 6 heteroatoms. The number of aromatic nitrogens is 1. The third-order valence-corrected chi connectivity index (χ3v) is 5.55. The number of hydrogen-bond acceptors (Lipinski definition) is 5. The molecule has 0 spiro atoms. The van der Waals surface area contributed by atoms with Gasteiger partial charge in [0.25, 0.3) is 0 Å². The van der Waals surface area contributed by atoms with Gasteiger partial charge < -0.3 is 16.0 Å². The van der Waals surface area contributed by atoms with E-state index >= 15 is 0 Å². The Morgan fingerprint density at radius 3 is 3.04 bits per heavy atom. The third-order valence-electron chi connectivity index (χ3n) is 4.83. The lowest BCUT2D eigenvalue weighted by Gasteiger charge is -2.17. The van der Waals surface area contributed by atoms with Crippen molar-refractivity contribution in [3.8, 4) is 0 Å². The van der Waals surface area contributed by atoms with Gasteiger partial charge in [-0.1, -0.05) is 24.3 Å². The van der Waals surface area contributed by atoms with E-state index in [0.29, 0.717) is 30.4 Å². The van der Waals surface area contributed by atoms with Gasteiger partial charge in [-0.2, -0.15) is 0 Å². The lowest BCUT2D eigenvalue weighted by atomic mass is 9.94. The molecule has 0 radical (unpaired) electrons. The zero-order valence-corrected chi connectivity index (χ0v) is 15.5. The molecule has 134 valence electrons. The lowest BCUT2D eigenvalue weighted by Crippen LogP contribution is -2.33. The number of nitrogen functional groups attached to an aromatic ring is 1. The van der Waals surface area contributed by atoms with Crippen molar-refractivity contribution in [2.24, 2.45) is 0 Å². The molecule has 1 aromatic carbocycles. The van der Waals surface area contributed by atoms with E-state index in [2.05, 4.69) is 46.4 Å². The lowest BCUT2D eigenvalue weighted by molar-refractivity contribution is -0.121. The van der Waals surface area contributed by atoms with Crippen molar-refractivity contribution < 1.29 is 4.79 Å². The predicted molar refractivity (Wildman–Crippen MR) is 103 cm³/mol. The first-order valence-corrected chi connectivity index (χ1v) is 9.74. The first-order valence-electron chi connectivity index (χ1n) is 8.86. The van der Waals surface area contributed by atoms with Crippen LogP contribution in [-0.4, -0.2) is 42.0 Å². The smallest absolute Gasteiger partial charge is 0.220 e. The molecule has 1 aliphatic rings. The topological polar surface area (TPSA) is 71.2 Å². The highest BCUT2D eigenvalue weighted by Crippen LogP contribution is 2.28. The van der Waals surface area contributed by atoms with Gasteiger partial charge in [0.15, 0.2) is 5.13 Å². The number of thiazole rings is 1. The van der Waals surface area contributed by atoms with Crippen LogP contribution in [0.1, 0.15) is 35.6 Å². The standard InChI is InChI=1S/C19H26N4OS/c1-14-4-2-3-5-17(14)15-8-10-23(12-15)11-9-21-18(24)7-6-16-13-25-19(20)22-16/h2-5,13,15H,6-12H2,1H3,(H2,20,22)(H,21,24)/t15-/m1/s1. The molecular weight excluding hydrogens is 332 g/mol. The fourth-order valence-corrected chi connectivity index (χ4v) is 4.05. The molecule has 3 rings (SSSR count). The molecule has 0 aliphatic carbocycles. The number of rotatable bonds is 7. The van der Waals surface area contributed by atoms with Crippen molar-refractivity contribution in [1.29, 1.82) is 0 Å². The van der Waals surface area contributed by atoms with Gasteiger partial charge in [-0.15, -0.1) is 11.3 Å². The van der Waals surface area contributed by atoms with Crippen LogP contribution in [0.3, 0.4) is 0 Å². The minimum atomic E-state index is 0.0845. The highest BCUT2D eigenvalue weighted by atomic mass is 32.1. The van der Waals surface area contributed by atoms with Crippen LogP contribution in [-0.2, 0) is 11.2 Å². The van der Waals surface area contributed by atoms with Gasteiger partial charge in [0.2, 0.25) is 5.91 Å². The molecule has 2 aromatic rings. The Bertz CT molecular complexity index is 715. The number of amides is 1. The maximum absolute atomic E-state index is 11.9. The molecule has 0 unspecified atom stereocenters. The van der Waals surface area contributed by atoms with Crippen molar-refractivity contribution in [3.63, 3.8) is 0 Å². The van der Waals surface area contributed by atoms with Crippen LogP contribution in [0.2, 0.25) is 0 Å². The van der Waals surface area contributed by atoms with Crippen LogP contribution in [0.15, 0.2) is 29.6 Å². The van der Waals surface area contributed by atoms with Gasteiger partial charge >= 0.3 is 0 Å². The van der Waals surface area contributed by atoms with E-state index in [4.69, 9.17) is 5.73 Å². The largest absolute Gasteiger partial charge is 0.375 e. The molecule has 1 aromatic heterocycles. The molecule has 1 saturated heterocycles. The maximum atomic E-state index is 11.9. The van der Waals surface area contributed by atoms with E-state index in [1.54, 1.807) is 0 Å². The van der Waals surface area contributed by atoms with Crippen LogP contribution in [0.4, 0.5) is 5.13 Å². The summed E-state index contributed by atoms with van der Waals surface area (Å²) in [6, 6.07) is 8.66. The number of likely N-dealkylation sites (tertiary alicyclic amines) is 1. The number of nitrogens with one attached hydrogen (secondary N) is 1. The van der Waals surface area contributed by atoms with Crippen LogP contribution >= 0.6 is 11.3 Å². The Morgan fingerprint density at radius 1 is 1.44 bits per heavy atom. The molecule has 1 fully saturated rings. The summed E-state index contributed by atoms with van der Waals surface area (Å²) < 4.78 is 0. The number of anilines is 1. The van der Waals surface area contributed by atoms with Crippen molar-refractivity contribution in [2.75, 3.05) is 31.9 Å². The van der Waals surface area contributed by atoms with E-state index in [1.807, 2.05) is 5.38 Å². The fourth-order valence-electron chi connectivity index (χ4n) is 3.46. The number of benzene rings is 1. The summed E-state index contributed by atoms with van der Waals surface area (Å²) in [5, 5.41) is 5.49. The second-order valence-corrected chi connectivity index (χ2v) is 7.56. The van der Waals surface area contributed by atoms with E-state index in [1.165, 1.54) is 28.9 Å². The summed E-state index contributed by atoms with van der Waals surface area (Å²) in [7, 11) is 0. The summed E-state index contributed by atoms with van der Waals surface area (Å²) in [4.78, 5) is 18.6. The Hall–Kier alpha value is -1.92. The molecule has 1 amide bonds. The van der Waals surface area contributed by atoms with Crippen molar-refractivity contribution in [3.05, 3.63) is 46.5 Å². The van der Waals surface area contributed by atoms with Crippen LogP contribution in [0.5, 0.6) is 0 Å². The average Bonchev–Trinajstić information content (AvgIpc) is 3.22. The van der Waals surface area contributed by atoms with Gasteiger partial charge in [-0.25, -0.2) is 4.98 Å². The average molecular weight is 359 g/mol. The first kappa shape index (κ1) is 17.9. The van der Waals surface area contributed by atoms with Crippen LogP contribution < -0.4 is 11.1 Å². The van der Waals surface area contributed by atoms with Gasteiger partial charge in [0.05, 0.1) is 5.69 Å². The fraction of sp³-hybridized carbons (Fsp3) is 0.474. The predicted octanol–water partition coefficient (Wildman–Crippen LogP) is 2.57. The molecule has 2 heterocycles. The normalized spacial score (nSPS) is 17.7. The zero-order valence-electron chi connectivity index (χ0n) is 14.7. The quantitative estimate of drug-likeness (QED) is 0.798. The second kappa shape index (κ2) is 8.45. The Kier molecular flexibility index (Phi) is 6.04. The van der Waals surface area contributed by atoms with Gasteiger partial charge in [0, 0.05) is 31.4 Å². The molecule has 0 bridgehead atoms. The molecule has 5 nitrogen and oxygen atoms in total. The molecule has 1 atom stereocenters. The molecular formula is C19H26N4OS. The van der Waals surface area contributed by atoms with Crippen molar-refractivity contribution in [1.82, 2.24) is 15.2 Å². The minimum Gasteiger partial charge on any atom is -0.375 e. The van der Waals surface area contributed by atoms with Crippen molar-refractivity contribution in [2.45, 2.75) is 32.1 Å². The van der Waals surface area contributed by atoms with E-state index < -0.39 is 0 Å². The number of hydrogen-bond donors (Lipinski definition) is 2. The highest BCUT2D eigenvalue weighted by molar-refractivity contribution is 7.13. The number of carbonyl (C=O) groups excluding carboxylic acids is 1. The van der Waals surface area contributed by atoms with Crippen molar-refractivity contribution >= 4 is 22.4 Å². The van der Waals surface area contributed by atoms with Gasteiger partial charge in [-0.05, 0) is 43.4 Å². The summed E-state index contributed by atoms with van der Waals surface area (Å²) >= 11 is 1.42. The monoisotopic (exact) mass is 358 g/mol. The zero-order chi connectivity index (χ0) is 17.6. The van der Waals surface area contributed by atoms with Crippen LogP contribution in [0, 0.1) is 6.92 Å². The molecule has 3 N–H and O–H groups in total. The summed E-state index contributed by atoms with van der Waals surface area (Å²) in [6.07, 6.45) is 2.32. The summed E-state index contributed by atoms with van der Waals surface area (Å²) in [5.41, 5.74) is 9.35. The minimum absolute atomic E-state index is 0.0845. The third kappa shape index (κ3) is 5.03.